The average Bonchev–Trinajstić information content (AvgIpc) is 2.75. The molecule has 0 amide bonds. The normalized spacial score (nSPS) is 18.7. The molecule has 0 saturated heterocycles. The summed E-state index contributed by atoms with van der Waals surface area (Å²) in [6.07, 6.45) is 4.60. The first-order valence-electron chi connectivity index (χ1n) is 6.77. The highest BCUT2D eigenvalue weighted by Crippen LogP contribution is 2.25. The van der Waals surface area contributed by atoms with Crippen molar-refractivity contribution < 1.29 is 0 Å². The van der Waals surface area contributed by atoms with Crippen LogP contribution in [-0.4, -0.2) is 9.55 Å². The summed E-state index contributed by atoms with van der Waals surface area (Å²) in [6.45, 7) is 7.75. The Balaban J connectivity index is 2.00. The molecule has 1 aromatic carbocycles. The Bertz CT molecular complexity index is 581. The number of nitrogens with zero attached hydrogens (tertiary/aromatic N) is 2. The Kier molecular flexibility index (Phi) is 2.73. The molecule has 2 aromatic rings. The lowest BCUT2D eigenvalue weighted by atomic mass is 10.0. The van der Waals surface area contributed by atoms with E-state index in [-0.39, 0.29) is 0 Å². The van der Waals surface area contributed by atoms with Crippen molar-refractivity contribution in [2.24, 2.45) is 5.92 Å². The van der Waals surface area contributed by atoms with Gasteiger partial charge in [-0.05, 0) is 43.4 Å². The highest BCUT2D eigenvalue weighted by molar-refractivity contribution is 5.60. The van der Waals surface area contributed by atoms with Crippen LogP contribution in [0.15, 0.2) is 24.4 Å². The summed E-state index contributed by atoms with van der Waals surface area (Å²) in [6, 6.07) is 6.61. The molecule has 0 radical (unpaired) electrons. The molecule has 0 fully saturated rings. The molecule has 1 unspecified atom stereocenters. The standard InChI is InChI=1S/C16H20N2/c1-11-4-7-16-17-15(10-18(16)9-11)14-6-5-12(2)13(3)8-14/h5-6,8,10-11H,4,7,9H2,1-3H3. The second-order valence-corrected chi connectivity index (χ2v) is 5.64. The molecule has 0 bridgehead atoms. The Labute approximate surface area is 109 Å². The highest BCUT2D eigenvalue weighted by atomic mass is 15.1. The van der Waals surface area contributed by atoms with Crippen molar-refractivity contribution in [3.8, 4) is 11.3 Å². The van der Waals surface area contributed by atoms with Crippen molar-refractivity contribution in [3.63, 3.8) is 0 Å². The van der Waals surface area contributed by atoms with E-state index >= 15 is 0 Å². The van der Waals surface area contributed by atoms with Crippen molar-refractivity contribution in [1.82, 2.24) is 9.55 Å². The van der Waals surface area contributed by atoms with E-state index in [1.54, 1.807) is 0 Å². The lowest BCUT2D eigenvalue weighted by Gasteiger charge is -2.19. The van der Waals surface area contributed by atoms with Crippen molar-refractivity contribution in [2.75, 3.05) is 0 Å². The van der Waals surface area contributed by atoms with Crippen LogP contribution >= 0.6 is 0 Å². The first-order valence-corrected chi connectivity index (χ1v) is 6.77. The van der Waals surface area contributed by atoms with Gasteiger partial charge in [0.25, 0.3) is 0 Å². The lowest BCUT2D eigenvalue weighted by molar-refractivity contribution is 0.394. The van der Waals surface area contributed by atoms with Gasteiger partial charge in [0.15, 0.2) is 0 Å². The first kappa shape index (κ1) is 11.5. The molecule has 0 saturated carbocycles. The largest absolute Gasteiger partial charge is 0.334 e. The summed E-state index contributed by atoms with van der Waals surface area (Å²) >= 11 is 0. The Morgan fingerprint density at radius 1 is 1.22 bits per heavy atom. The third-order valence-corrected chi connectivity index (χ3v) is 4.03. The second kappa shape index (κ2) is 4.27. The van der Waals surface area contributed by atoms with Crippen LogP contribution in [0.5, 0.6) is 0 Å². The summed E-state index contributed by atoms with van der Waals surface area (Å²) in [5, 5.41) is 0. The molecule has 1 aromatic heterocycles. The van der Waals surface area contributed by atoms with E-state index in [0.29, 0.717) is 0 Å². The number of imidazole rings is 1. The van der Waals surface area contributed by atoms with Crippen LogP contribution in [0.4, 0.5) is 0 Å². The smallest absolute Gasteiger partial charge is 0.109 e. The molecule has 1 atom stereocenters. The van der Waals surface area contributed by atoms with Gasteiger partial charge in [-0.25, -0.2) is 4.98 Å². The number of benzene rings is 1. The first-order chi connectivity index (χ1) is 8.63. The maximum Gasteiger partial charge on any atom is 0.109 e. The molecule has 0 aliphatic carbocycles. The quantitative estimate of drug-likeness (QED) is 0.742. The molecule has 3 rings (SSSR count). The van der Waals surface area contributed by atoms with E-state index in [4.69, 9.17) is 4.98 Å². The Hall–Kier alpha value is -1.57. The Morgan fingerprint density at radius 2 is 2.06 bits per heavy atom. The fourth-order valence-electron chi connectivity index (χ4n) is 2.65. The van der Waals surface area contributed by atoms with Crippen LogP contribution < -0.4 is 0 Å². The van der Waals surface area contributed by atoms with Crippen molar-refractivity contribution >= 4 is 0 Å². The van der Waals surface area contributed by atoms with Gasteiger partial charge in [0.05, 0.1) is 5.69 Å². The number of hydrogen-bond acceptors (Lipinski definition) is 1. The van der Waals surface area contributed by atoms with Gasteiger partial charge in [-0.2, -0.15) is 0 Å². The topological polar surface area (TPSA) is 17.8 Å². The van der Waals surface area contributed by atoms with Crippen LogP contribution in [0.2, 0.25) is 0 Å². The van der Waals surface area contributed by atoms with Gasteiger partial charge >= 0.3 is 0 Å². The van der Waals surface area contributed by atoms with Crippen LogP contribution in [0.1, 0.15) is 30.3 Å². The van der Waals surface area contributed by atoms with Gasteiger partial charge in [0.1, 0.15) is 5.82 Å². The van der Waals surface area contributed by atoms with Crippen molar-refractivity contribution in [2.45, 2.75) is 40.2 Å². The molecule has 2 nitrogen and oxygen atoms in total. The van der Waals surface area contributed by atoms with Crippen molar-refractivity contribution in [3.05, 3.63) is 41.3 Å². The van der Waals surface area contributed by atoms with E-state index in [2.05, 4.69) is 49.7 Å². The lowest BCUT2D eigenvalue weighted by Crippen LogP contribution is -2.17. The Morgan fingerprint density at radius 3 is 2.83 bits per heavy atom. The molecule has 18 heavy (non-hydrogen) atoms. The zero-order valence-electron chi connectivity index (χ0n) is 11.4. The minimum absolute atomic E-state index is 0.777. The summed E-state index contributed by atoms with van der Waals surface area (Å²) in [5.74, 6) is 2.03. The molecule has 2 heterocycles. The summed E-state index contributed by atoms with van der Waals surface area (Å²) in [7, 11) is 0. The van der Waals surface area contributed by atoms with Crippen LogP contribution in [-0.2, 0) is 13.0 Å². The SMILES string of the molecule is Cc1ccc(-c2cn3c(n2)CCC(C)C3)cc1C. The molecule has 2 heteroatoms. The maximum absolute atomic E-state index is 4.79. The molecular weight excluding hydrogens is 220 g/mol. The molecule has 1 aliphatic rings. The average molecular weight is 240 g/mol. The molecule has 0 spiro atoms. The number of fused-ring (bicyclic) bond motifs is 1. The fraction of sp³-hybridized carbons (Fsp3) is 0.438. The van der Waals surface area contributed by atoms with Gasteiger partial charge in [0.2, 0.25) is 0 Å². The summed E-state index contributed by atoms with van der Waals surface area (Å²) in [5.41, 5.74) is 5.05. The zero-order chi connectivity index (χ0) is 12.7. The van der Waals surface area contributed by atoms with Gasteiger partial charge in [0, 0.05) is 24.7 Å². The van der Waals surface area contributed by atoms with Gasteiger partial charge < -0.3 is 4.57 Å². The predicted octanol–water partition coefficient (Wildman–Crippen LogP) is 3.75. The zero-order valence-corrected chi connectivity index (χ0v) is 11.4. The highest BCUT2D eigenvalue weighted by Gasteiger charge is 2.17. The summed E-state index contributed by atoms with van der Waals surface area (Å²) < 4.78 is 2.33. The van der Waals surface area contributed by atoms with Crippen LogP contribution in [0, 0.1) is 19.8 Å². The number of hydrogen-bond donors (Lipinski definition) is 0. The van der Waals surface area contributed by atoms with E-state index in [1.165, 1.54) is 28.9 Å². The van der Waals surface area contributed by atoms with E-state index in [9.17, 15) is 0 Å². The molecular formula is C16H20N2. The predicted molar refractivity (Wildman–Crippen MR) is 74.6 cm³/mol. The maximum atomic E-state index is 4.79. The number of rotatable bonds is 1. The molecule has 1 aliphatic heterocycles. The van der Waals surface area contributed by atoms with Gasteiger partial charge in [-0.15, -0.1) is 0 Å². The minimum Gasteiger partial charge on any atom is -0.334 e. The van der Waals surface area contributed by atoms with Crippen LogP contribution in [0.25, 0.3) is 11.3 Å². The molecule has 0 N–H and O–H groups in total. The van der Waals surface area contributed by atoms with Gasteiger partial charge in [-0.1, -0.05) is 19.1 Å². The fourth-order valence-corrected chi connectivity index (χ4v) is 2.65. The van der Waals surface area contributed by atoms with Crippen LogP contribution in [0.3, 0.4) is 0 Å². The third kappa shape index (κ3) is 1.96. The number of aromatic nitrogens is 2. The van der Waals surface area contributed by atoms with E-state index in [1.807, 2.05) is 0 Å². The third-order valence-electron chi connectivity index (χ3n) is 4.03. The van der Waals surface area contributed by atoms with Crippen molar-refractivity contribution in [1.29, 1.82) is 0 Å². The summed E-state index contributed by atoms with van der Waals surface area (Å²) in [4.78, 5) is 4.79. The van der Waals surface area contributed by atoms with E-state index in [0.717, 1.165) is 24.6 Å². The van der Waals surface area contributed by atoms with Gasteiger partial charge in [-0.3, -0.25) is 0 Å². The second-order valence-electron chi connectivity index (χ2n) is 5.64. The number of aryl methyl sites for hydroxylation is 3. The monoisotopic (exact) mass is 240 g/mol. The van der Waals surface area contributed by atoms with E-state index < -0.39 is 0 Å². The minimum atomic E-state index is 0.777. The molecule has 94 valence electrons.